The molecule has 1 saturated heterocycles. The van der Waals surface area contributed by atoms with E-state index in [1.54, 1.807) is 6.20 Å². The molecular weight excluding hydrogens is 370 g/mol. The molecule has 3 N–H and O–H groups in total. The SMILES string of the molecule is Cn1ncc(-c2ccnc(NC3CCC4(CC3)NC(=O)NC4=O)n2)c1CC1CC1. The van der Waals surface area contributed by atoms with Crippen LogP contribution in [-0.4, -0.2) is 43.3 Å². The molecule has 0 bridgehead atoms. The van der Waals surface area contributed by atoms with Crippen molar-refractivity contribution in [3.63, 3.8) is 0 Å². The topological polar surface area (TPSA) is 114 Å². The van der Waals surface area contributed by atoms with Gasteiger partial charge in [-0.15, -0.1) is 0 Å². The number of nitrogens with one attached hydrogen (secondary N) is 3. The van der Waals surface area contributed by atoms with Gasteiger partial charge in [0.15, 0.2) is 0 Å². The molecule has 2 aromatic rings. The van der Waals surface area contributed by atoms with Crippen LogP contribution >= 0.6 is 0 Å². The Hall–Kier alpha value is -2.97. The number of urea groups is 1. The number of hydrogen-bond acceptors (Lipinski definition) is 6. The van der Waals surface area contributed by atoms with Crippen molar-refractivity contribution in [3.8, 4) is 11.3 Å². The Morgan fingerprint density at radius 2 is 2.03 bits per heavy atom. The van der Waals surface area contributed by atoms with Crippen LogP contribution in [0, 0.1) is 5.92 Å². The van der Waals surface area contributed by atoms with Crippen LogP contribution in [0.5, 0.6) is 0 Å². The zero-order valence-electron chi connectivity index (χ0n) is 16.4. The monoisotopic (exact) mass is 395 g/mol. The molecule has 3 fully saturated rings. The van der Waals surface area contributed by atoms with Crippen molar-refractivity contribution in [2.24, 2.45) is 13.0 Å². The maximum atomic E-state index is 12.1. The Balaban J connectivity index is 1.28. The van der Waals surface area contributed by atoms with Crippen molar-refractivity contribution in [1.29, 1.82) is 0 Å². The van der Waals surface area contributed by atoms with Gasteiger partial charge in [0.1, 0.15) is 5.54 Å². The molecule has 2 aromatic heterocycles. The third-order valence-electron chi connectivity index (χ3n) is 6.36. The summed E-state index contributed by atoms with van der Waals surface area (Å²) < 4.78 is 1.95. The van der Waals surface area contributed by atoms with Gasteiger partial charge in [-0.25, -0.2) is 14.8 Å². The number of hydrogen-bond donors (Lipinski definition) is 3. The van der Waals surface area contributed by atoms with E-state index >= 15 is 0 Å². The fourth-order valence-corrected chi connectivity index (χ4v) is 4.41. The van der Waals surface area contributed by atoms with Gasteiger partial charge in [0, 0.05) is 30.5 Å². The molecule has 0 atom stereocenters. The standard InChI is InChI=1S/C20H25N7O2/c1-27-16(10-12-2-3-12)14(11-22-27)15-6-9-21-18(24-15)23-13-4-7-20(8-5-13)17(28)25-19(29)26-20/h6,9,11-13H,2-5,7-8,10H2,1H3,(H,21,23,24)(H2,25,26,28,29). The number of amides is 3. The molecule has 9 heteroatoms. The summed E-state index contributed by atoms with van der Waals surface area (Å²) in [4.78, 5) is 32.7. The highest BCUT2D eigenvalue weighted by atomic mass is 16.2. The lowest BCUT2D eigenvalue weighted by molar-refractivity contribution is -0.125. The summed E-state index contributed by atoms with van der Waals surface area (Å²) in [7, 11) is 1.98. The van der Waals surface area contributed by atoms with Crippen molar-refractivity contribution in [2.75, 3.05) is 5.32 Å². The van der Waals surface area contributed by atoms with Crippen LogP contribution in [-0.2, 0) is 18.3 Å². The van der Waals surface area contributed by atoms with Crippen molar-refractivity contribution in [1.82, 2.24) is 30.4 Å². The van der Waals surface area contributed by atoms with Gasteiger partial charge in [0.2, 0.25) is 5.95 Å². The molecule has 0 aromatic carbocycles. The van der Waals surface area contributed by atoms with E-state index in [1.165, 1.54) is 18.5 Å². The second-order valence-electron chi connectivity index (χ2n) is 8.45. The molecule has 2 saturated carbocycles. The largest absolute Gasteiger partial charge is 0.351 e. The lowest BCUT2D eigenvalue weighted by Gasteiger charge is -2.34. The van der Waals surface area contributed by atoms with Crippen molar-refractivity contribution in [3.05, 3.63) is 24.2 Å². The lowest BCUT2D eigenvalue weighted by atomic mass is 9.79. The molecule has 3 heterocycles. The van der Waals surface area contributed by atoms with Gasteiger partial charge in [-0.2, -0.15) is 5.10 Å². The lowest BCUT2D eigenvalue weighted by Crippen LogP contribution is -2.51. The molecule has 9 nitrogen and oxygen atoms in total. The van der Waals surface area contributed by atoms with Crippen LogP contribution in [0.3, 0.4) is 0 Å². The van der Waals surface area contributed by atoms with Gasteiger partial charge in [-0.3, -0.25) is 14.8 Å². The highest BCUT2D eigenvalue weighted by molar-refractivity contribution is 6.07. The van der Waals surface area contributed by atoms with Gasteiger partial charge >= 0.3 is 6.03 Å². The van der Waals surface area contributed by atoms with Crippen LogP contribution in [0.25, 0.3) is 11.3 Å². The second-order valence-corrected chi connectivity index (χ2v) is 8.45. The quantitative estimate of drug-likeness (QED) is 0.665. The summed E-state index contributed by atoms with van der Waals surface area (Å²) in [5, 5.41) is 13.0. The molecule has 3 aliphatic rings. The number of rotatable bonds is 5. The summed E-state index contributed by atoms with van der Waals surface area (Å²) in [6.45, 7) is 0. The van der Waals surface area contributed by atoms with E-state index in [0.717, 1.165) is 36.4 Å². The summed E-state index contributed by atoms with van der Waals surface area (Å²) in [5.41, 5.74) is 2.42. The average molecular weight is 395 g/mol. The molecule has 0 unspecified atom stereocenters. The summed E-state index contributed by atoms with van der Waals surface area (Å²) in [5.74, 6) is 1.15. The predicted molar refractivity (Wildman–Crippen MR) is 106 cm³/mol. The highest BCUT2D eigenvalue weighted by Gasteiger charge is 2.48. The molecule has 3 amide bonds. The Labute approximate surface area is 168 Å². The fraction of sp³-hybridized carbons (Fsp3) is 0.550. The first kappa shape index (κ1) is 18.1. The molecule has 29 heavy (non-hydrogen) atoms. The number of aromatic nitrogens is 4. The minimum atomic E-state index is -0.745. The fourth-order valence-electron chi connectivity index (χ4n) is 4.41. The van der Waals surface area contributed by atoms with Crippen LogP contribution in [0.1, 0.15) is 44.2 Å². The Morgan fingerprint density at radius 1 is 1.24 bits per heavy atom. The van der Waals surface area contributed by atoms with E-state index in [1.807, 2.05) is 24.0 Å². The number of anilines is 1. The minimum absolute atomic E-state index is 0.168. The molecule has 0 radical (unpaired) electrons. The van der Waals surface area contributed by atoms with E-state index in [4.69, 9.17) is 4.98 Å². The maximum Gasteiger partial charge on any atom is 0.322 e. The summed E-state index contributed by atoms with van der Waals surface area (Å²) in [6.07, 6.45) is 10.0. The normalized spacial score (nSPS) is 26.4. The van der Waals surface area contributed by atoms with E-state index in [2.05, 4.69) is 26.0 Å². The number of nitrogens with zero attached hydrogens (tertiary/aromatic N) is 4. The first-order valence-electron chi connectivity index (χ1n) is 10.3. The number of carbonyl (C=O) groups excluding carboxylic acids is 2. The molecule has 1 aliphatic heterocycles. The van der Waals surface area contributed by atoms with E-state index in [0.29, 0.717) is 18.8 Å². The van der Waals surface area contributed by atoms with Crippen molar-refractivity contribution in [2.45, 2.75) is 56.5 Å². The Kier molecular flexibility index (Phi) is 4.25. The van der Waals surface area contributed by atoms with Gasteiger partial charge in [0.25, 0.3) is 5.91 Å². The zero-order chi connectivity index (χ0) is 20.0. The molecule has 1 spiro atoms. The van der Waals surface area contributed by atoms with Gasteiger partial charge < -0.3 is 10.6 Å². The van der Waals surface area contributed by atoms with E-state index < -0.39 is 11.6 Å². The van der Waals surface area contributed by atoms with Crippen LogP contribution in [0.15, 0.2) is 18.5 Å². The molecular formula is C20H25N7O2. The van der Waals surface area contributed by atoms with E-state index in [9.17, 15) is 9.59 Å². The van der Waals surface area contributed by atoms with Crippen LogP contribution < -0.4 is 16.0 Å². The smallest absolute Gasteiger partial charge is 0.322 e. The predicted octanol–water partition coefficient (Wildman–Crippen LogP) is 1.76. The maximum absolute atomic E-state index is 12.1. The molecule has 2 aliphatic carbocycles. The van der Waals surface area contributed by atoms with Gasteiger partial charge in [0.05, 0.1) is 11.9 Å². The Morgan fingerprint density at radius 3 is 2.72 bits per heavy atom. The van der Waals surface area contributed by atoms with Crippen molar-refractivity contribution < 1.29 is 9.59 Å². The number of aryl methyl sites for hydroxylation is 1. The first-order valence-corrected chi connectivity index (χ1v) is 10.3. The Bertz CT molecular complexity index is 957. The summed E-state index contributed by atoms with van der Waals surface area (Å²) in [6, 6.07) is 1.70. The molecule has 152 valence electrons. The first-order chi connectivity index (χ1) is 14.0. The average Bonchev–Trinajstić information content (AvgIpc) is 3.39. The third kappa shape index (κ3) is 3.45. The third-order valence-corrected chi connectivity index (χ3v) is 6.36. The van der Waals surface area contributed by atoms with Gasteiger partial charge in [-0.1, -0.05) is 0 Å². The molecule has 5 rings (SSSR count). The second kappa shape index (κ2) is 6.82. The highest BCUT2D eigenvalue weighted by Crippen LogP contribution is 2.35. The number of carbonyl (C=O) groups is 2. The van der Waals surface area contributed by atoms with Crippen LogP contribution in [0.4, 0.5) is 10.7 Å². The summed E-state index contributed by atoms with van der Waals surface area (Å²) >= 11 is 0. The van der Waals surface area contributed by atoms with Gasteiger partial charge in [-0.05, 0) is 56.9 Å². The number of imide groups is 1. The van der Waals surface area contributed by atoms with Crippen molar-refractivity contribution >= 4 is 17.9 Å². The van der Waals surface area contributed by atoms with E-state index in [-0.39, 0.29) is 11.9 Å². The minimum Gasteiger partial charge on any atom is -0.351 e. The zero-order valence-corrected chi connectivity index (χ0v) is 16.4. The van der Waals surface area contributed by atoms with Crippen LogP contribution in [0.2, 0.25) is 0 Å².